The van der Waals surface area contributed by atoms with E-state index in [1.165, 1.54) is 5.56 Å². The SMILES string of the molecule is Cc1nn(C)c(Cl)c1CC1CSCC1N. The summed E-state index contributed by atoms with van der Waals surface area (Å²) in [6.07, 6.45) is 0.965. The van der Waals surface area contributed by atoms with E-state index >= 15 is 0 Å². The lowest BCUT2D eigenvalue weighted by molar-refractivity contribution is 0.514. The molecule has 2 heterocycles. The van der Waals surface area contributed by atoms with Crippen molar-refractivity contribution in [3.63, 3.8) is 0 Å². The van der Waals surface area contributed by atoms with Crippen molar-refractivity contribution in [1.82, 2.24) is 9.78 Å². The monoisotopic (exact) mass is 245 g/mol. The van der Waals surface area contributed by atoms with Crippen molar-refractivity contribution in [3.05, 3.63) is 16.4 Å². The van der Waals surface area contributed by atoms with E-state index in [0.29, 0.717) is 12.0 Å². The minimum atomic E-state index is 0.311. The number of aromatic nitrogens is 2. The molecule has 15 heavy (non-hydrogen) atoms. The topological polar surface area (TPSA) is 43.8 Å². The smallest absolute Gasteiger partial charge is 0.130 e. The Hall–Kier alpha value is -0.190. The highest BCUT2D eigenvalue weighted by molar-refractivity contribution is 7.99. The van der Waals surface area contributed by atoms with Gasteiger partial charge in [-0.05, 0) is 25.0 Å². The fourth-order valence-electron chi connectivity index (χ4n) is 1.99. The Balaban J connectivity index is 2.16. The normalized spacial score (nSPS) is 26.1. The molecule has 1 aliphatic rings. The average Bonchev–Trinajstić information content (AvgIpc) is 2.67. The van der Waals surface area contributed by atoms with E-state index in [4.69, 9.17) is 17.3 Å². The highest BCUT2D eigenvalue weighted by Crippen LogP contribution is 2.29. The third-order valence-electron chi connectivity index (χ3n) is 2.98. The van der Waals surface area contributed by atoms with Gasteiger partial charge in [0.15, 0.2) is 0 Å². The van der Waals surface area contributed by atoms with Crippen molar-refractivity contribution in [2.75, 3.05) is 11.5 Å². The minimum absolute atomic E-state index is 0.311. The van der Waals surface area contributed by atoms with E-state index < -0.39 is 0 Å². The van der Waals surface area contributed by atoms with Gasteiger partial charge in [0.2, 0.25) is 0 Å². The molecule has 0 saturated carbocycles. The average molecular weight is 246 g/mol. The van der Waals surface area contributed by atoms with Crippen LogP contribution in [0.5, 0.6) is 0 Å². The van der Waals surface area contributed by atoms with E-state index in [-0.39, 0.29) is 0 Å². The van der Waals surface area contributed by atoms with E-state index in [0.717, 1.165) is 28.8 Å². The van der Waals surface area contributed by atoms with Crippen LogP contribution in [0.2, 0.25) is 5.15 Å². The Morgan fingerprint density at radius 2 is 2.33 bits per heavy atom. The molecule has 0 radical (unpaired) electrons. The lowest BCUT2D eigenvalue weighted by Gasteiger charge is -2.13. The van der Waals surface area contributed by atoms with Crippen LogP contribution in [0.1, 0.15) is 11.3 Å². The van der Waals surface area contributed by atoms with E-state index in [1.54, 1.807) is 4.68 Å². The number of hydrogen-bond acceptors (Lipinski definition) is 3. The van der Waals surface area contributed by atoms with Crippen molar-refractivity contribution >= 4 is 23.4 Å². The number of rotatable bonds is 2. The number of hydrogen-bond donors (Lipinski definition) is 1. The molecule has 1 aromatic heterocycles. The second-order valence-electron chi connectivity index (χ2n) is 4.14. The molecule has 0 aliphatic carbocycles. The molecule has 1 fully saturated rings. The zero-order valence-corrected chi connectivity index (χ0v) is 10.6. The molecule has 0 spiro atoms. The Bertz CT molecular complexity index is 364. The summed E-state index contributed by atoms with van der Waals surface area (Å²) in [4.78, 5) is 0. The lowest BCUT2D eigenvalue weighted by Crippen LogP contribution is -2.29. The van der Waals surface area contributed by atoms with Crippen LogP contribution in [0.3, 0.4) is 0 Å². The largest absolute Gasteiger partial charge is 0.327 e. The Kier molecular flexibility index (Phi) is 3.28. The van der Waals surface area contributed by atoms with Gasteiger partial charge in [-0.25, -0.2) is 0 Å². The quantitative estimate of drug-likeness (QED) is 0.861. The first-order valence-electron chi connectivity index (χ1n) is 5.11. The molecular formula is C10H16ClN3S. The van der Waals surface area contributed by atoms with Crippen molar-refractivity contribution < 1.29 is 0 Å². The number of nitrogens with two attached hydrogens (primary N) is 1. The summed E-state index contributed by atoms with van der Waals surface area (Å²) in [6.45, 7) is 2.01. The highest BCUT2D eigenvalue weighted by Gasteiger charge is 2.26. The van der Waals surface area contributed by atoms with E-state index in [1.807, 2.05) is 25.7 Å². The maximum atomic E-state index is 6.19. The third kappa shape index (κ3) is 2.17. The van der Waals surface area contributed by atoms with Gasteiger partial charge in [0.05, 0.1) is 5.69 Å². The molecule has 84 valence electrons. The maximum Gasteiger partial charge on any atom is 0.130 e. The van der Waals surface area contributed by atoms with Gasteiger partial charge in [0.25, 0.3) is 0 Å². The van der Waals surface area contributed by atoms with Crippen LogP contribution in [0.25, 0.3) is 0 Å². The predicted molar refractivity (Wildman–Crippen MR) is 65.4 cm³/mol. The van der Waals surface area contributed by atoms with Crippen LogP contribution < -0.4 is 5.73 Å². The maximum absolute atomic E-state index is 6.19. The van der Waals surface area contributed by atoms with Crippen LogP contribution in [-0.4, -0.2) is 27.3 Å². The van der Waals surface area contributed by atoms with Gasteiger partial charge >= 0.3 is 0 Å². The summed E-state index contributed by atoms with van der Waals surface area (Å²) in [5.74, 6) is 2.77. The number of nitrogens with zero attached hydrogens (tertiary/aromatic N) is 2. The molecule has 3 nitrogen and oxygen atoms in total. The zero-order chi connectivity index (χ0) is 11.0. The molecule has 2 N–H and O–H groups in total. The standard InChI is InChI=1S/C10H16ClN3S/c1-6-8(10(11)14(2)13-6)3-7-4-15-5-9(7)12/h7,9H,3-5,12H2,1-2H3. The predicted octanol–water partition coefficient (Wildman–Crippen LogP) is 1.61. The zero-order valence-electron chi connectivity index (χ0n) is 9.03. The molecule has 0 aromatic carbocycles. The van der Waals surface area contributed by atoms with Crippen molar-refractivity contribution in [1.29, 1.82) is 0 Å². The van der Waals surface area contributed by atoms with Gasteiger partial charge in [-0.2, -0.15) is 16.9 Å². The van der Waals surface area contributed by atoms with Crippen molar-refractivity contribution in [2.45, 2.75) is 19.4 Å². The fraction of sp³-hybridized carbons (Fsp3) is 0.700. The summed E-state index contributed by atoms with van der Waals surface area (Å²) >= 11 is 8.13. The summed E-state index contributed by atoms with van der Waals surface area (Å²) < 4.78 is 1.74. The fourth-order valence-corrected chi connectivity index (χ4v) is 3.59. The van der Waals surface area contributed by atoms with Gasteiger partial charge in [0.1, 0.15) is 5.15 Å². The van der Waals surface area contributed by atoms with Crippen molar-refractivity contribution in [3.8, 4) is 0 Å². The van der Waals surface area contributed by atoms with Crippen LogP contribution in [-0.2, 0) is 13.5 Å². The van der Waals surface area contributed by atoms with Gasteiger partial charge in [-0.15, -0.1) is 0 Å². The first kappa shape index (κ1) is 11.3. The van der Waals surface area contributed by atoms with Crippen LogP contribution in [0.15, 0.2) is 0 Å². The van der Waals surface area contributed by atoms with Gasteiger partial charge in [0, 0.05) is 24.4 Å². The van der Waals surface area contributed by atoms with E-state index in [9.17, 15) is 0 Å². The summed E-state index contributed by atoms with van der Waals surface area (Å²) in [5.41, 5.74) is 8.25. The second-order valence-corrected chi connectivity index (χ2v) is 5.58. The molecule has 2 atom stereocenters. The molecule has 1 aromatic rings. The van der Waals surface area contributed by atoms with Crippen LogP contribution >= 0.6 is 23.4 Å². The summed E-state index contributed by atoms with van der Waals surface area (Å²) in [7, 11) is 1.88. The first-order chi connectivity index (χ1) is 7.09. The molecule has 0 amide bonds. The van der Waals surface area contributed by atoms with Crippen LogP contribution in [0.4, 0.5) is 0 Å². The highest BCUT2D eigenvalue weighted by atomic mass is 35.5. The van der Waals surface area contributed by atoms with Gasteiger partial charge in [-0.1, -0.05) is 11.6 Å². The Morgan fingerprint density at radius 1 is 1.60 bits per heavy atom. The summed E-state index contributed by atoms with van der Waals surface area (Å²) in [6, 6.07) is 0.311. The second kappa shape index (κ2) is 4.36. The van der Waals surface area contributed by atoms with Crippen molar-refractivity contribution in [2.24, 2.45) is 18.7 Å². The number of thioether (sulfide) groups is 1. The molecule has 5 heteroatoms. The Morgan fingerprint density at radius 3 is 2.80 bits per heavy atom. The lowest BCUT2D eigenvalue weighted by atomic mass is 9.96. The molecule has 1 saturated heterocycles. The van der Waals surface area contributed by atoms with Gasteiger partial charge in [-0.3, -0.25) is 4.68 Å². The number of aryl methyl sites for hydroxylation is 2. The third-order valence-corrected chi connectivity index (χ3v) is 4.74. The summed E-state index contributed by atoms with van der Waals surface area (Å²) in [5, 5.41) is 5.08. The molecule has 2 unspecified atom stereocenters. The first-order valence-corrected chi connectivity index (χ1v) is 6.64. The Labute approximate surface area is 99.4 Å². The van der Waals surface area contributed by atoms with Crippen LogP contribution in [0, 0.1) is 12.8 Å². The molecule has 2 rings (SSSR count). The molecule has 1 aliphatic heterocycles. The molecule has 0 bridgehead atoms. The number of halogens is 1. The van der Waals surface area contributed by atoms with E-state index in [2.05, 4.69) is 5.10 Å². The minimum Gasteiger partial charge on any atom is -0.327 e. The van der Waals surface area contributed by atoms with Gasteiger partial charge < -0.3 is 5.73 Å². The molecular weight excluding hydrogens is 230 g/mol.